The molecule has 0 amide bonds. The third-order valence-corrected chi connectivity index (χ3v) is 1.34. The maximum atomic E-state index is 4.08. The van der Waals surface area contributed by atoms with Crippen molar-refractivity contribution in [2.75, 3.05) is 6.54 Å². The molecule has 0 aliphatic carbocycles. The van der Waals surface area contributed by atoms with Gasteiger partial charge < -0.3 is 0 Å². The van der Waals surface area contributed by atoms with E-state index in [0.717, 1.165) is 6.54 Å². The predicted octanol–water partition coefficient (Wildman–Crippen LogP) is 1.11. The van der Waals surface area contributed by atoms with Gasteiger partial charge in [-0.2, -0.15) is 5.10 Å². The van der Waals surface area contributed by atoms with Crippen LogP contribution >= 0.6 is 0 Å². The largest absolute Gasteiger partial charge is 0.290 e. The zero-order valence-electron chi connectivity index (χ0n) is 6.25. The maximum Gasteiger partial charge on any atom is 0.0584 e. The van der Waals surface area contributed by atoms with Crippen LogP contribution in [0.3, 0.4) is 0 Å². The van der Waals surface area contributed by atoms with Crippen molar-refractivity contribution in [3.05, 3.63) is 12.3 Å². The van der Waals surface area contributed by atoms with Crippen molar-refractivity contribution < 1.29 is 0 Å². The van der Waals surface area contributed by atoms with Crippen LogP contribution in [0.25, 0.3) is 0 Å². The fourth-order valence-corrected chi connectivity index (χ4v) is 0.755. The number of rotatable bonds is 3. The van der Waals surface area contributed by atoms with Crippen molar-refractivity contribution in [1.82, 2.24) is 10.5 Å². The maximum absolute atomic E-state index is 4.08. The lowest BCUT2D eigenvalue weighted by Gasteiger charge is -2.19. The molecule has 0 radical (unpaired) electrons. The van der Waals surface area contributed by atoms with E-state index in [0.29, 0.717) is 0 Å². The molecule has 0 saturated heterocycles. The van der Waals surface area contributed by atoms with Gasteiger partial charge in [0.1, 0.15) is 0 Å². The van der Waals surface area contributed by atoms with Crippen molar-refractivity contribution in [3.8, 4) is 0 Å². The summed E-state index contributed by atoms with van der Waals surface area (Å²) in [6.07, 6.45) is 7.92. The highest BCUT2D eigenvalue weighted by Crippen LogP contribution is 1.93. The lowest BCUT2D eigenvalue weighted by Crippen LogP contribution is -2.31. The Hall–Kier alpha value is -0.990. The molecule has 0 atom stereocenters. The molecule has 10 heavy (non-hydrogen) atoms. The number of unbranched alkanes of at least 4 members (excludes halogenated alkanes) is 1. The standard InChI is InChI=1S/C7H13N3/c1-2-3-7-10-8-5-4-6-9-10/h4-6,8H,2-3,7H2,1H3. The third-order valence-electron chi connectivity index (χ3n) is 1.34. The molecule has 0 aromatic heterocycles. The molecule has 1 aliphatic heterocycles. The van der Waals surface area contributed by atoms with Crippen molar-refractivity contribution in [1.29, 1.82) is 0 Å². The van der Waals surface area contributed by atoms with E-state index in [9.17, 15) is 0 Å². The zero-order chi connectivity index (χ0) is 7.23. The van der Waals surface area contributed by atoms with Gasteiger partial charge in [0.2, 0.25) is 0 Å². The summed E-state index contributed by atoms with van der Waals surface area (Å²) in [5.41, 5.74) is 3.01. The SMILES string of the molecule is CCCCN1N=CC=CN1. The predicted molar refractivity (Wildman–Crippen MR) is 42.4 cm³/mol. The van der Waals surface area contributed by atoms with E-state index in [1.807, 2.05) is 17.4 Å². The first-order valence-corrected chi connectivity index (χ1v) is 3.66. The van der Waals surface area contributed by atoms with E-state index in [1.165, 1.54) is 12.8 Å². The van der Waals surface area contributed by atoms with Crippen LogP contribution in [0.2, 0.25) is 0 Å². The number of hydrogen-bond donors (Lipinski definition) is 1. The molecule has 1 N–H and O–H groups in total. The van der Waals surface area contributed by atoms with Crippen LogP contribution in [0.15, 0.2) is 17.4 Å². The van der Waals surface area contributed by atoms with Crippen molar-refractivity contribution in [2.45, 2.75) is 19.8 Å². The van der Waals surface area contributed by atoms with Crippen LogP contribution in [-0.2, 0) is 0 Å². The van der Waals surface area contributed by atoms with Crippen molar-refractivity contribution >= 4 is 6.21 Å². The van der Waals surface area contributed by atoms with Gasteiger partial charge in [0.05, 0.1) is 12.8 Å². The van der Waals surface area contributed by atoms with Crippen LogP contribution in [0.1, 0.15) is 19.8 Å². The molecule has 0 aromatic rings. The molecule has 1 heterocycles. The summed E-state index contributed by atoms with van der Waals surface area (Å²) >= 11 is 0. The monoisotopic (exact) mass is 139 g/mol. The van der Waals surface area contributed by atoms with Gasteiger partial charge in [0, 0.05) is 6.20 Å². The minimum atomic E-state index is 0.983. The summed E-state index contributed by atoms with van der Waals surface area (Å²) in [7, 11) is 0. The minimum Gasteiger partial charge on any atom is -0.290 e. The first-order valence-electron chi connectivity index (χ1n) is 3.66. The molecule has 0 saturated carbocycles. The molecule has 0 unspecified atom stereocenters. The topological polar surface area (TPSA) is 27.6 Å². The van der Waals surface area contributed by atoms with Gasteiger partial charge in [-0.05, 0) is 12.5 Å². The number of allylic oxidation sites excluding steroid dienone is 1. The second kappa shape index (κ2) is 3.93. The Kier molecular flexibility index (Phi) is 2.80. The number of nitrogens with zero attached hydrogens (tertiary/aromatic N) is 2. The number of hydrogen-bond acceptors (Lipinski definition) is 3. The summed E-state index contributed by atoms with van der Waals surface area (Å²) in [5.74, 6) is 0. The number of nitrogens with one attached hydrogen (secondary N) is 1. The fraction of sp³-hybridized carbons (Fsp3) is 0.571. The Balaban J connectivity index is 2.17. The summed E-state index contributed by atoms with van der Waals surface area (Å²) in [5, 5.41) is 5.91. The molecule has 1 rings (SSSR count). The van der Waals surface area contributed by atoms with Crippen LogP contribution in [-0.4, -0.2) is 17.9 Å². The van der Waals surface area contributed by atoms with E-state index in [4.69, 9.17) is 0 Å². The Morgan fingerprint density at radius 2 is 2.50 bits per heavy atom. The van der Waals surface area contributed by atoms with Crippen LogP contribution in [0.4, 0.5) is 0 Å². The minimum absolute atomic E-state index is 0.983. The Bertz CT molecular complexity index is 140. The Morgan fingerprint density at radius 3 is 3.10 bits per heavy atom. The van der Waals surface area contributed by atoms with Gasteiger partial charge in [-0.1, -0.05) is 13.3 Å². The van der Waals surface area contributed by atoms with Gasteiger partial charge in [0.25, 0.3) is 0 Å². The van der Waals surface area contributed by atoms with Crippen LogP contribution in [0.5, 0.6) is 0 Å². The summed E-state index contributed by atoms with van der Waals surface area (Å²) in [4.78, 5) is 0. The molecule has 0 fully saturated rings. The highest BCUT2D eigenvalue weighted by molar-refractivity contribution is 5.70. The number of hydrazone groups is 1. The lowest BCUT2D eigenvalue weighted by molar-refractivity contribution is 0.227. The molecule has 3 nitrogen and oxygen atoms in total. The summed E-state index contributed by atoms with van der Waals surface area (Å²) in [6.45, 7) is 3.15. The van der Waals surface area contributed by atoms with E-state index < -0.39 is 0 Å². The Morgan fingerprint density at radius 1 is 1.60 bits per heavy atom. The molecule has 3 heteroatoms. The molecular weight excluding hydrogens is 126 g/mol. The van der Waals surface area contributed by atoms with Gasteiger partial charge >= 0.3 is 0 Å². The first kappa shape index (κ1) is 7.12. The van der Waals surface area contributed by atoms with Crippen molar-refractivity contribution in [3.63, 3.8) is 0 Å². The fourth-order valence-electron chi connectivity index (χ4n) is 0.755. The molecule has 56 valence electrons. The molecule has 0 aromatic carbocycles. The van der Waals surface area contributed by atoms with Gasteiger partial charge in [0.15, 0.2) is 0 Å². The Labute approximate surface area is 61.4 Å². The molecule has 1 aliphatic rings. The quantitative estimate of drug-likeness (QED) is 0.634. The highest BCUT2D eigenvalue weighted by Gasteiger charge is 1.96. The van der Waals surface area contributed by atoms with Crippen molar-refractivity contribution in [2.24, 2.45) is 5.10 Å². The zero-order valence-corrected chi connectivity index (χ0v) is 6.25. The highest BCUT2D eigenvalue weighted by atomic mass is 15.7. The van der Waals surface area contributed by atoms with Gasteiger partial charge in [-0.25, -0.2) is 5.12 Å². The van der Waals surface area contributed by atoms with Gasteiger partial charge in [-0.15, -0.1) is 0 Å². The second-order valence-corrected chi connectivity index (χ2v) is 2.23. The summed E-state index contributed by atoms with van der Waals surface area (Å²) in [6, 6.07) is 0. The lowest BCUT2D eigenvalue weighted by atomic mass is 10.3. The summed E-state index contributed by atoms with van der Waals surface area (Å²) < 4.78 is 0. The first-order chi connectivity index (χ1) is 4.93. The molecule has 0 bridgehead atoms. The smallest absolute Gasteiger partial charge is 0.0584 e. The van der Waals surface area contributed by atoms with E-state index in [1.54, 1.807) is 6.21 Å². The normalized spacial score (nSPS) is 15.5. The van der Waals surface area contributed by atoms with Gasteiger partial charge in [-0.3, -0.25) is 5.43 Å². The number of hydrazine groups is 1. The van der Waals surface area contributed by atoms with Crippen LogP contribution < -0.4 is 5.43 Å². The third kappa shape index (κ3) is 2.09. The molecular formula is C7H13N3. The molecule has 0 spiro atoms. The van der Waals surface area contributed by atoms with E-state index >= 15 is 0 Å². The van der Waals surface area contributed by atoms with E-state index in [2.05, 4.69) is 17.5 Å². The van der Waals surface area contributed by atoms with E-state index in [-0.39, 0.29) is 0 Å². The van der Waals surface area contributed by atoms with Crippen LogP contribution in [0, 0.1) is 0 Å². The average molecular weight is 139 g/mol. The average Bonchev–Trinajstić information content (AvgIpc) is 2.03. The second-order valence-electron chi connectivity index (χ2n) is 2.23.